The smallest absolute Gasteiger partial charge is 0.416 e. The summed E-state index contributed by atoms with van der Waals surface area (Å²) in [5, 5.41) is 15.3. The van der Waals surface area contributed by atoms with Crippen molar-refractivity contribution < 1.29 is 45.1 Å². The van der Waals surface area contributed by atoms with Crippen molar-refractivity contribution >= 4 is 55.5 Å². The lowest BCUT2D eigenvalue weighted by atomic mass is 9.85. The summed E-state index contributed by atoms with van der Waals surface area (Å²) in [6, 6.07) is 17.7. The first-order valence-electron chi connectivity index (χ1n) is 19.9. The maximum atomic E-state index is 14.9. The molecule has 2 aromatic heterocycles. The van der Waals surface area contributed by atoms with E-state index in [2.05, 4.69) is 38.0 Å². The van der Waals surface area contributed by atoms with Gasteiger partial charge in [-0.25, -0.2) is 13.4 Å². The monoisotopic (exact) mass is 869 g/mol. The van der Waals surface area contributed by atoms with Crippen LogP contribution in [0, 0.1) is 22.7 Å². The number of rotatable bonds is 12. The second-order valence-corrected chi connectivity index (χ2v) is 19.0. The van der Waals surface area contributed by atoms with Gasteiger partial charge in [0.15, 0.2) is 5.82 Å². The molecule has 62 heavy (non-hydrogen) atoms. The standard InChI is InChI=1S/C44H42F3N7O7S/c1-5-26-21-43(26,41(57)53-62(58,59)30-18-19-30)52-38(55)32-20-29(23-54(32)40(56)36(42(2,3)4)49-28-16-10-24(22-48)11-17-28)60-39-35-34(31-8-6-7-9-33(31)61-35)50-37(51-39)25-12-14-27(15-13-25)44(45,46)47/h5-17,26,29-30,32,36,49H,1,18-21,23H2,2-4H3,(H,52,55)(H,53,57)/t26-,29-,32+,36?,43-/m1/s1. The van der Waals surface area contributed by atoms with Crippen LogP contribution in [-0.4, -0.2) is 76.5 Å². The van der Waals surface area contributed by atoms with Gasteiger partial charge in [-0.15, -0.1) is 6.58 Å². The molecule has 3 N–H and O–H groups in total. The quantitative estimate of drug-likeness (QED) is 0.116. The largest absolute Gasteiger partial charge is 0.470 e. The number of hydrogen-bond donors (Lipinski definition) is 3. The molecule has 3 fully saturated rings. The Morgan fingerprint density at radius 1 is 1.03 bits per heavy atom. The number of nitrogens with one attached hydrogen (secondary N) is 3. The van der Waals surface area contributed by atoms with Gasteiger partial charge < -0.3 is 24.7 Å². The Kier molecular flexibility index (Phi) is 10.5. The Morgan fingerprint density at radius 3 is 2.34 bits per heavy atom. The number of anilines is 1. The highest BCUT2D eigenvalue weighted by atomic mass is 32.2. The first-order chi connectivity index (χ1) is 29.3. The number of carbonyl (C=O) groups excluding carboxylic acids is 3. The number of carbonyl (C=O) groups is 3. The number of hydrogen-bond acceptors (Lipinski definition) is 11. The molecule has 5 atom stereocenters. The molecule has 8 rings (SSSR count). The zero-order valence-corrected chi connectivity index (χ0v) is 34.6. The van der Waals surface area contributed by atoms with Crippen LogP contribution in [0.2, 0.25) is 0 Å². The first kappa shape index (κ1) is 42.2. The normalized spacial score (nSPS) is 21.8. The van der Waals surface area contributed by atoms with Crippen LogP contribution in [0.15, 0.2) is 89.9 Å². The van der Waals surface area contributed by atoms with Crippen molar-refractivity contribution in [3.63, 3.8) is 0 Å². The predicted octanol–water partition coefficient (Wildman–Crippen LogP) is 6.48. The Balaban J connectivity index is 1.15. The van der Waals surface area contributed by atoms with Crippen molar-refractivity contribution in [2.24, 2.45) is 11.3 Å². The highest BCUT2D eigenvalue weighted by Gasteiger charge is 2.62. The lowest BCUT2D eigenvalue weighted by Gasteiger charge is -2.36. The minimum atomic E-state index is -4.57. The zero-order valence-electron chi connectivity index (χ0n) is 33.8. The molecule has 3 aliphatic rings. The van der Waals surface area contributed by atoms with E-state index >= 15 is 0 Å². The molecular weight excluding hydrogens is 828 g/mol. The summed E-state index contributed by atoms with van der Waals surface area (Å²) >= 11 is 0. The molecule has 1 unspecified atom stereocenters. The van der Waals surface area contributed by atoms with Crippen molar-refractivity contribution in [2.45, 2.75) is 81.6 Å². The highest BCUT2D eigenvalue weighted by molar-refractivity contribution is 7.91. The van der Waals surface area contributed by atoms with E-state index in [1.165, 1.54) is 23.1 Å². The summed E-state index contributed by atoms with van der Waals surface area (Å²) in [6.07, 6.45) is -3.26. The fourth-order valence-corrected chi connectivity index (χ4v) is 9.12. The number of alkyl halides is 3. The number of fused-ring (bicyclic) bond motifs is 3. The second kappa shape index (κ2) is 15.5. The van der Waals surface area contributed by atoms with Crippen LogP contribution >= 0.6 is 0 Å². The molecule has 14 nitrogen and oxygen atoms in total. The molecule has 3 aromatic carbocycles. The molecule has 1 aliphatic heterocycles. The second-order valence-electron chi connectivity index (χ2n) is 17.0. The summed E-state index contributed by atoms with van der Waals surface area (Å²) in [5.41, 5.74) is -1.16. The van der Waals surface area contributed by atoms with Gasteiger partial charge in [-0.3, -0.25) is 19.1 Å². The molecule has 2 aliphatic carbocycles. The van der Waals surface area contributed by atoms with E-state index in [1.54, 1.807) is 48.5 Å². The van der Waals surface area contributed by atoms with Gasteiger partial charge in [-0.1, -0.05) is 51.1 Å². The van der Waals surface area contributed by atoms with E-state index in [-0.39, 0.29) is 42.2 Å². The molecule has 0 radical (unpaired) electrons. The molecule has 0 bridgehead atoms. The number of para-hydroxylation sites is 1. The first-order valence-corrected chi connectivity index (χ1v) is 21.5. The number of halogens is 3. The van der Waals surface area contributed by atoms with Crippen molar-refractivity contribution in [1.29, 1.82) is 5.26 Å². The molecule has 18 heteroatoms. The number of likely N-dealkylation sites (tertiary alicyclic amines) is 1. The van der Waals surface area contributed by atoms with Gasteiger partial charge >= 0.3 is 6.18 Å². The zero-order chi connectivity index (χ0) is 44.4. The number of furan rings is 1. The van der Waals surface area contributed by atoms with E-state index in [4.69, 9.17) is 9.15 Å². The Bertz CT molecular complexity index is 2760. The van der Waals surface area contributed by atoms with Crippen molar-refractivity contribution in [3.05, 3.63) is 96.6 Å². The average molecular weight is 870 g/mol. The van der Waals surface area contributed by atoms with Gasteiger partial charge in [0.2, 0.25) is 27.4 Å². The third-order valence-electron chi connectivity index (χ3n) is 11.5. The minimum absolute atomic E-state index is 0.0331. The number of ether oxygens (including phenoxy) is 1. The number of amides is 3. The van der Waals surface area contributed by atoms with Crippen LogP contribution in [0.25, 0.3) is 33.5 Å². The third kappa shape index (κ3) is 8.16. The van der Waals surface area contributed by atoms with Gasteiger partial charge in [0.25, 0.3) is 11.8 Å². The molecule has 1 saturated heterocycles. The van der Waals surface area contributed by atoms with Crippen molar-refractivity contribution in [1.82, 2.24) is 24.9 Å². The van der Waals surface area contributed by atoms with E-state index in [1.807, 2.05) is 20.8 Å². The van der Waals surface area contributed by atoms with Crippen LogP contribution in [0.3, 0.4) is 0 Å². The summed E-state index contributed by atoms with van der Waals surface area (Å²) in [4.78, 5) is 53.7. The van der Waals surface area contributed by atoms with Crippen molar-refractivity contribution in [3.8, 4) is 23.3 Å². The number of nitrogens with zero attached hydrogens (tertiary/aromatic N) is 4. The minimum Gasteiger partial charge on any atom is -0.470 e. The Hall–Kier alpha value is -6.48. The highest BCUT2D eigenvalue weighted by Crippen LogP contribution is 2.46. The van der Waals surface area contributed by atoms with E-state index < -0.39 is 79.8 Å². The van der Waals surface area contributed by atoms with Crippen LogP contribution < -0.4 is 20.1 Å². The maximum Gasteiger partial charge on any atom is 0.416 e. The van der Waals surface area contributed by atoms with Gasteiger partial charge in [0, 0.05) is 29.0 Å². The van der Waals surface area contributed by atoms with Gasteiger partial charge in [-0.05, 0) is 73.2 Å². The van der Waals surface area contributed by atoms with Crippen LogP contribution in [-0.2, 0) is 30.6 Å². The predicted molar refractivity (Wildman–Crippen MR) is 222 cm³/mol. The van der Waals surface area contributed by atoms with Gasteiger partial charge in [-0.2, -0.15) is 23.4 Å². The molecule has 3 heterocycles. The summed E-state index contributed by atoms with van der Waals surface area (Å²) in [6.45, 7) is 9.13. The third-order valence-corrected chi connectivity index (χ3v) is 13.3. The molecule has 322 valence electrons. The van der Waals surface area contributed by atoms with Gasteiger partial charge in [0.05, 0.1) is 29.0 Å². The summed E-state index contributed by atoms with van der Waals surface area (Å²) in [7, 11) is -3.97. The SMILES string of the molecule is C=C[C@@H]1C[C@]1(NC(=O)[C@@H]1C[C@@H](Oc2nc(-c3ccc(C(F)(F)F)cc3)nc3c2oc2ccccc23)CN1C(=O)C(Nc1ccc(C#N)cc1)C(C)(C)C)C(=O)NS(=O)(=O)C1CC1. The number of sulfonamides is 1. The van der Waals surface area contributed by atoms with Crippen LogP contribution in [0.4, 0.5) is 18.9 Å². The number of benzene rings is 3. The van der Waals surface area contributed by atoms with E-state index in [0.717, 1.165) is 12.1 Å². The lowest BCUT2D eigenvalue weighted by Crippen LogP contribution is -2.58. The van der Waals surface area contributed by atoms with Gasteiger partial charge in [0.1, 0.15) is 34.8 Å². The van der Waals surface area contributed by atoms with E-state index in [0.29, 0.717) is 40.6 Å². The average Bonchev–Trinajstić information content (AvgIpc) is 4.14. The van der Waals surface area contributed by atoms with E-state index in [9.17, 15) is 41.2 Å². The van der Waals surface area contributed by atoms with Crippen LogP contribution in [0.1, 0.15) is 57.6 Å². The number of nitriles is 1. The maximum absolute atomic E-state index is 14.9. The fraction of sp³-hybridized carbons (Fsp3) is 0.364. The lowest BCUT2D eigenvalue weighted by molar-refractivity contribution is -0.141. The van der Waals surface area contributed by atoms with Crippen molar-refractivity contribution in [2.75, 3.05) is 11.9 Å². The molecule has 2 saturated carbocycles. The fourth-order valence-electron chi connectivity index (χ4n) is 7.76. The Morgan fingerprint density at radius 2 is 1.73 bits per heavy atom. The Labute approximate surface area is 354 Å². The molecule has 3 amide bonds. The summed E-state index contributed by atoms with van der Waals surface area (Å²) in [5.74, 6) is -2.78. The molecule has 5 aromatic rings. The molecule has 0 spiro atoms. The topological polar surface area (TPSA) is 197 Å². The summed E-state index contributed by atoms with van der Waals surface area (Å²) < 4.78 is 80.9. The van der Waals surface area contributed by atoms with Crippen LogP contribution in [0.5, 0.6) is 5.88 Å². The molecular formula is C44H42F3N7O7S. The number of aromatic nitrogens is 2.